The number of amides is 2. The topological polar surface area (TPSA) is 66.6 Å². The van der Waals surface area contributed by atoms with Gasteiger partial charge in [-0.25, -0.2) is 0 Å². The number of nitrogens with two attached hydrogens (primary N) is 1. The smallest absolute Gasteiger partial charge is 0.227 e. The van der Waals surface area contributed by atoms with Crippen LogP contribution >= 0.6 is 12.4 Å². The Kier molecular flexibility index (Phi) is 6.68. The first kappa shape index (κ1) is 19.2. The summed E-state index contributed by atoms with van der Waals surface area (Å²) in [6, 6.07) is 0.236. The maximum atomic E-state index is 12.6. The van der Waals surface area contributed by atoms with Gasteiger partial charge in [0.05, 0.1) is 5.92 Å². The highest BCUT2D eigenvalue weighted by Crippen LogP contribution is 2.25. The number of likely N-dealkylation sites (tertiary alicyclic amines) is 2. The Balaban J connectivity index is 0.00000242. The van der Waals surface area contributed by atoms with E-state index in [-0.39, 0.29) is 41.6 Å². The van der Waals surface area contributed by atoms with E-state index in [1.165, 1.54) is 0 Å². The molecule has 0 aromatic carbocycles. The maximum absolute atomic E-state index is 12.6. The molecule has 2 amide bonds. The molecule has 0 spiro atoms. The summed E-state index contributed by atoms with van der Waals surface area (Å²) in [5.74, 6) is 0.341. The van der Waals surface area contributed by atoms with Crippen LogP contribution in [0.2, 0.25) is 0 Å². The molecule has 1 unspecified atom stereocenters. The fourth-order valence-electron chi connectivity index (χ4n) is 3.22. The van der Waals surface area contributed by atoms with E-state index >= 15 is 0 Å². The van der Waals surface area contributed by atoms with Gasteiger partial charge in [-0.15, -0.1) is 12.4 Å². The van der Waals surface area contributed by atoms with Crippen LogP contribution < -0.4 is 5.73 Å². The number of carbonyl (C=O) groups excluding carboxylic acids is 2. The van der Waals surface area contributed by atoms with Gasteiger partial charge in [-0.1, -0.05) is 20.8 Å². The molecule has 2 saturated heterocycles. The van der Waals surface area contributed by atoms with Crippen LogP contribution in [-0.4, -0.2) is 53.8 Å². The molecule has 22 heavy (non-hydrogen) atoms. The minimum absolute atomic E-state index is 0. The summed E-state index contributed by atoms with van der Waals surface area (Å²) in [6.07, 6.45) is 3.60. The minimum atomic E-state index is -0.372. The summed E-state index contributed by atoms with van der Waals surface area (Å²) in [6.45, 7) is 8.71. The second kappa shape index (κ2) is 7.64. The molecule has 0 aromatic rings. The van der Waals surface area contributed by atoms with Crippen molar-refractivity contribution in [1.29, 1.82) is 0 Å². The molecule has 0 radical (unpaired) electrons. The summed E-state index contributed by atoms with van der Waals surface area (Å²) in [7, 11) is 0. The zero-order chi connectivity index (χ0) is 15.6. The van der Waals surface area contributed by atoms with Gasteiger partial charge in [0.25, 0.3) is 0 Å². The first-order valence-electron chi connectivity index (χ1n) is 8.13. The molecule has 2 fully saturated rings. The third-order valence-electron chi connectivity index (χ3n) is 4.55. The maximum Gasteiger partial charge on any atom is 0.227 e. The first-order chi connectivity index (χ1) is 9.79. The Labute approximate surface area is 140 Å². The van der Waals surface area contributed by atoms with Crippen LogP contribution in [0.3, 0.4) is 0 Å². The van der Waals surface area contributed by atoms with Gasteiger partial charge in [-0.05, 0) is 25.7 Å². The van der Waals surface area contributed by atoms with Crippen molar-refractivity contribution in [2.75, 3.05) is 26.2 Å². The van der Waals surface area contributed by atoms with Crippen LogP contribution in [0.25, 0.3) is 0 Å². The van der Waals surface area contributed by atoms with E-state index in [0.717, 1.165) is 45.3 Å². The van der Waals surface area contributed by atoms with E-state index in [4.69, 9.17) is 5.73 Å². The van der Waals surface area contributed by atoms with E-state index in [0.29, 0.717) is 6.54 Å². The molecule has 0 aliphatic carbocycles. The molecule has 2 N–H and O–H groups in total. The largest absolute Gasteiger partial charge is 0.342 e. The van der Waals surface area contributed by atoms with Crippen molar-refractivity contribution in [2.45, 2.75) is 52.5 Å². The van der Waals surface area contributed by atoms with Crippen LogP contribution in [0.4, 0.5) is 0 Å². The number of halogens is 1. The molecule has 1 atom stereocenters. The summed E-state index contributed by atoms with van der Waals surface area (Å²) >= 11 is 0. The van der Waals surface area contributed by atoms with Gasteiger partial charge in [0.1, 0.15) is 0 Å². The lowest BCUT2D eigenvalue weighted by Gasteiger charge is -2.39. The van der Waals surface area contributed by atoms with Crippen molar-refractivity contribution in [2.24, 2.45) is 17.1 Å². The van der Waals surface area contributed by atoms with Gasteiger partial charge in [-0.3, -0.25) is 9.59 Å². The van der Waals surface area contributed by atoms with E-state index in [9.17, 15) is 9.59 Å². The van der Waals surface area contributed by atoms with E-state index in [1.54, 1.807) is 0 Å². The Morgan fingerprint density at radius 3 is 2.14 bits per heavy atom. The number of hydrogen-bond acceptors (Lipinski definition) is 3. The third-order valence-corrected chi connectivity index (χ3v) is 4.55. The molecule has 2 aliphatic rings. The van der Waals surface area contributed by atoms with E-state index in [2.05, 4.69) is 0 Å². The fourth-order valence-corrected chi connectivity index (χ4v) is 3.22. The Bertz CT molecular complexity index is 401. The van der Waals surface area contributed by atoms with Crippen molar-refractivity contribution in [1.82, 2.24) is 9.80 Å². The Morgan fingerprint density at radius 1 is 1.00 bits per heavy atom. The normalized spacial score (nSPS) is 23.9. The molecule has 2 aliphatic heterocycles. The van der Waals surface area contributed by atoms with Crippen molar-refractivity contribution < 1.29 is 9.59 Å². The van der Waals surface area contributed by atoms with E-state index in [1.807, 2.05) is 30.6 Å². The van der Waals surface area contributed by atoms with Gasteiger partial charge in [0, 0.05) is 37.6 Å². The number of carbonyl (C=O) groups is 2. The molecule has 0 aromatic heterocycles. The summed E-state index contributed by atoms with van der Waals surface area (Å²) in [5, 5.41) is 0. The molecular weight excluding hydrogens is 302 g/mol. The highest BCUT2D eigenvalue weighted by atomic mass is 35.5. The lowest BCUT2D eigenvalue weighted by Crippen LogP contribution is -2.51. The summed E-state index contributed by atoms with van der Waals surface area (Å²) < 4.78 is 0. The van der Waals surface area contributed by atoms with Gasteiger partial charge in [0.15, 0.2) is 0 Å². The van der Waals surface area contributed by atoms with Gasteiger partial charge < -0.3 is 15.5 Å². The molecule has 5 nitrogen and oxygen atoms in total. The van der Waals surface area contributed by atoms with Crippen molar-refractivity contribution in [3.63, 3.8) is 0 Å². The Hall–Kier alpha value is -0.810. The summed E-state index contributed by atoms with van der Waals surface area (Å²) in [5.41, 5.74) is 5.52. The van der Waals surface area contributed by atoms with Gasteiger partial charge >= 0.3 is 0 Å². The molecule has 6 heteroatoms. The number of piperidine rings is 2. The van der Waals surface area contributed by atoms with Crippen molar-refractivity contribution in [3.8, 4) is 0 Å². The zero-order valence-electron chi connectivity index (χ0n) is 14.0. The number of nitrogens with zero attached hydrogens (tertiary/aromatic N) is 2. The summed E-state index contributed by atoms with van der Waals surface area (Å²) in [4.78, 5) is 28.8. The lowest BCUT2D eigenvalue weighted by molar-refractivity contribution is -0.145. The molecule has 2 rings (SSSR count). The number of hydrogen-bond donors (Lipinski definition) is 1. The quantitative estimate of drug-likeness (QED) is 0.794. The second-order valence-corrected chi connectivity index (χ2v) is 7.50. The fraction of sp³-hybridized carbons (Fsp3) is 0.875. The zero-order valence-corrected chi connectivity index (χ0v) is 14.8. The van der Waals surface area contributed by atoms with Crippen LogP contribution in [0.5, 0.6) is 0 Å². The average molecular weight is 332 g/mol. The molecule has 0 bridgehead atoms. The predicted molar refractivity (Wildman–Crippen MR) is 89.8 cm³/mol. The molecular formula is C16H30ClN3O2. The number of rotatable bonds is 1. The van der Waals surface area contributed by atoms with Crippen LogP contribution in [0.15, 0.2) is 0 Å². The second-order valence-electron chi connectivity index (χ2n) is 7.50. The SMILES string of the molecule is CC(C)(C)C(=O)N1CCCC(C(=O)N2CCC(N)CC2)C1.Cl. The predicted octanol–water partition coefficient (Wildman–Crippen LogP) is 1.64. The van der Waals surface area contributed by atoms with Crippen molar-refractivity contribution >= 4 is 24.2 Å². The standard InChI is InChI=1S/C16H29N3O2.ClH/c1-16(2,3)15(21)19-8-4-5-12(11-19)14(20)18-9-6-13(17)7-10-18;/h12-13H,4-11,17H2,1-3H3;1H. The lowest BCUT2D eigenvalue weighted by atomic mass is 9.90. The van der Waals surface area contributed by atoms with Gasteiger partial charge in [0.2, 0.25) is 11.8 Å². The monoisotopic (exact) mass is 331 g/mol. The van der Waals surface area contributed by atoms with E-state index < -0.39 is 0 Å². The third kappa shape index (κ3) is 4.59. The average Bonchev–Trinajstić information content (AvgIpc) is 2.45. The van der Waals surface area contributed by atoms with Gasteiger partial charge in [-0.2, -0.15) is 0 Å². The molecule has 0 saturated carbocycles. The highest BCUT2D eigenvalue weighted by Gasteiger charge is 2.35. The minimum Gasteiger partial charge on any atom is -0.342 e. The first-order valence-corrected chi connectivity index (χ1v) is 8.13. The molecule has 2 heterocycles. The highest BCUT2D eigenvalue weighted by molar-refractivity contribution is 5.85. The van der Waals surface area contributed by atoms with Crippen LogP contribution in [0, 0.1) is 11.3 Å². The van der Waals surface area contributed by atoms with Crippen LogP contribution in [-0.2, 0) is 9.59 Å². The van der Waals surface area contributed by atoms with Crippen LogP contribution in [0.1, 0.15) is 46.5 Å². The van der Waals surface area contributed by atoms with Crippen molar-refractivity contribution in [3.05, 3.63) is 0 Å². The molecule has 128 valence electrons. The Morgan fingerprint density at radius 2 is 1.59 bits per heavy atom.